The molecule has 2 atom stereocenters. The van der Waals surface area contributed by atoms with Crippen LogP contribution in [-0.2, 0) is 4.74 Å². The van der Waals surface area contributed by atoms with Gasteiger partial charge in [0.2, 0.25) is 0 Å². The molecule has 1 saturated carbocycles. The third kappa shape index (κ3) is 3.78. The van der Waals surface area contributed by atoms with Gasteiger partial charge in [0.05, 0.1) is 6.10 Å². The molecule has 0 heterocycles. The molecular formula is C16H25NO2. The van der Waals surface area contributed by atoms with E-state index in [-0.39, 0.29) is 11.5 Å². The fraction of sp³-hybridized carbons (Fsp3) is 0.625. The average molecular weight is 263 g/mol. The Hall–Kier alpha value is -0.900. The van der Waals surface area contributed by atoms with E-state index in [4.69, 9.17) is 4.74 Å². The first kappa shape index (κ1) is 14.5. The summed E-state index contributed by atoms with van der Waals surface area (Å²) in [5, 5.41) is 14.1. The molecule has 1 aromatic rings. The number of aliphatic hydroxyl groups excluding tert-OH is 1. The smallest absolute Gasteiger partial charge is 0.0858 e. The van der Waals surface area contributed by atoms with Crippen LogP contribution in [-0.4, -0.2) is 31.4 Å². The number of hydrogen-bond donors (Lipinski definition) is 2. The highest BCUT2D eigenvalue weighted by Gasteiger charge is 2.49. The monoisotopic (exact) mass is 263 g/mol. The zero-order chi connectivity index (χ0) is 13.7. The van der Waals surface area contributed by atoms with Crippen molar-refractivity contribution in [2.75, 3.05) is 20.3 Å². The summed E-state index contributed by atoms with van der Waals surface area (Å²) in [6, 6.07) is 10.4. The van der Waals surface area contributed by atoms with Gasteiger partial charge in [0.25, 0.3) is 0 Å². The van der Waals surface area contributed by atoms with E-state index in [0.29, 0.717) is 6.04 Å². The summed E-state index contributed by atoms with van der Waals surface area (Å²) in [5.74, 6) is 0. The highest BCUT2D eigenvalue weighted by atomic mass is 16.5. The molecule has 1 aliphatic rings. The van der Waals surface area contributed by atoms with E-state index in [2.05, 4.69) is 12.2 Å². The molecule has 0 spiro atoms. The summed E-state index contributed by atoms with van der Waals surface area (Å²) in [4.78, 5) is 0. The molecule has 0 amide bonds. The summed E-state index contributed by atoms with van der Waals surface area (Å²) < 4.78 is 5.09. The van der Waals surface area contributed by atoms with Crippen molar-refractivity contribution in [3.8, 4) is 0 Å². The third-order valence-electron chi connectivity index (χ3n) is 4.15. The van der Waals surface area contributed by atoms with Crippen molar-refractivity contribution in [1.82, 2.24) is 5.32 Å². The molecule has 0 aliphatic heterocycles. The van der Waals surface area contributed by atoms with E-state index in [1.54, 1.807) is 7.11 Å². The second kappa shape index (κ2) is 6.51. The number of hydrogen-bond acceptors (Lipinski definition) is 3. The first-order valence-corrected chi connectivity index (χ1v) is 7.13. The van der Waals surface area contributed by atoms with Gasteiger partial charge in [0, 0.05) is 31.7 Å². The second-order valence-electron chi connectivity index (χ2n) is 5.74. The van der Waals surface area contributed by atoms with Gasteiger partial charge in [-0.1, -0.05) is 30.3 Å². The van der Waals surface area contributed by atoms with Crippen LogP contribution in [0.2, 0.25) is 0 Å². The maximum absolute atomic E-state index is 10.5. The van der Waals surface area contributed by atoms with Gasteiger partial charge in [0.15, 0.2) is 0 Å². The minimum absolute atomic E-state index is 0.0443. The van der Waals surface area contributed by atoms with E-state index < -0.39 is 0 Å². The summed E-state index contributed by atoms with van der Waals surface area (Å²) in [6.07, 6.45) is 2.87. The molecule has 3 nitrogen and oxygen atoms in total. The topological polar surface area (TPSA) is 41.5 Å². The molecule has 2 N–H and O–H groups in total. The zero-order valence-corrected chi connectivity index (χ0v) is 11.9. The molecule has 0 saturated heterocycles. The minimum atomic E-state index is -0.351. The molecule has 1 fully saturated rings. The Kier molecular flexibility index (Phi) is 4.97. The van der Waals surface area contributed by atoms with Gasteiger partial charge < -0.3 is 15.2 Å². The fourth-order valence-electron chi connectivity index (χ4n) is 2.47. The standard InChI is InChI=1S/C16H25NO2/c1-13(8-11-19-2)17-12-16(9-10-16)15(18)14-6-4-3-5-7-14/h3-7,13,15,17-18H,8-12H2,1-2H3. The van der Waals surface area contributed by atoms with Gasteiger partial charge in [-0.3, -0.25) is 0 Å². The van der Waals surface area contributed by atoms with Crippen LogP contribution in [0.3, 0.4) is 0 Å². The van der Waals surface area contributed by atoms with Crippen molar-refractivity contribution in [2.24, 2.45) is 5.41 Å². The number of aliphatic hydroxyl groups is 1. The maximum atomic E-state index is 10.5. The summed E-state index contributed by atoms with van der Waals surface area (Å²) in [6.45, 7) is 3.83. The Labute approximate surface area is 116 Å². The zero-order valence-electron chi connectivity index (χ0n) is 11.9. The lowest BCUT2D eigenvalue weighted by Gasteiger charge is -2.25. The average Bonchev–Trinajstić information content (AvgIpc) is 3.24. The maximum Gasteiger partial charge on any atom is 0.0858 e. The van der Waals surface area contributed by atoms with Crippen LogP contribution in [0, 0.1) is 5.41 Å². The first-order chi connectivity index (χ1) is 9.18. The summed E-state index contributed by atoms with van der Waals surface area (Å²) >= 11 is 0. The van der Waals surface area contributed by atoms with Crippen molar-refractivity contribution in [2.45, 2.75) is 38.3 Å². The Bertz CT molecular complexity index is 376. The van der Waals surface area contributed by atoms with Gasteiger partial charge in [-0.2, -0.15) is 0 Å². The number of methoxy groups -OCH3 is 1. The third-order valence-corrected chi connectivity index (χ3v) is 4.15. The van der Waals surface area contributed by atoms with Crippen molar-refractivity contribution in [1.29, 1.82) is 0 Å². The van der Waals surface area contributed by atoms with Crippen LogP contribution >= 0.6 is 0 Å². The number of benzene rings is 1. The SMILES string of the molecule is COCCC(C)NCC1(C(O)c2ccccc2)CC1. The number of ether oxygens (including phenoxy) is 1. The predicted octanol–water partition coefficient (Wildman–Crippen LogP) is 2.51. The normalized spacial score (nSPS) is 19.9. The number of rotatable bonds is 8. The molecule has 19 heavy (non-hydrogen) atoms. The molecule has 106 valence electrons. The molecular weight excluding hydrogens is 238 g/mol. The van der Waals surface area contributed by atoms with Crippen molar-refractivity contribution < 1.29 is 9.84 Å². The molecule has 0 radical (unpaired) electrons. The molecule has 0 aromatic heterocycles. The molecule has 3 heteroatoms. The molecule has 2 unspecified atom stereocenters. The molecule has 1 aliphatic carbocycles. The van der Waals surface area contributed by atoms with Gasteiger partial charge >= 0.3 is 0 Å². The van der Waals surface area contributed by atoms with Gasteiger partial charge in [0.1, 0.15) is 0 Å². The lowest BCUT2D eigenvalue weighted by atomic mass is 9.92. The lowest BCUT2D eigenvalue weighted by molar-refractivity contribution is 0.0890. The molecule has 2 rings (SSSR count). The van der Waals surface area contributed by atoms with Crippen LogP contribution in [0.1, 0.15) is 37.9 Å². The summed E-state index contributed by atoms with van der Waals surface area (Å²) in [7, 11) is 1.73. The lowest BCUT2D eigenvalue weighted by Crippen LogP contribution is -2.35. The first-order valence-electron chi connectivity index (χ1n) is 7.13. The Morgan fingerprint density at radius 3 is 2.58 bits per heavy atom. The van der Waals surface area contributed by atoms with E-state index in [1.807, 2.05) is 30.3 Å². The van der Waals surface area contributed by atoms with Crippen LogP contribution in [0.4, 0.5) is 0 Å². The van der Waals surface area contributed by atoms with E-state index in [9.17, 15) is 5.11 Å². The highest BCUT2D eigenvalue weighted by Crippen LogP contribution is 2.54. The van der Waals surface area contributed by atoms with E-state index >= 15 is 0 Å². The van der Waals surface area contributed by atoms with Crippen molar-refractivity contribution >= 4 is 0 Å². The fourth-order valence-corrected chi connectivity index (χ4v) is 2.47. The second-order valence-corrected chi connectivity index (χ2v) is 5.74. The highest BCUT2D eigenvalue weighted by molar-refractivity contribution is 5.22. The minimum Gasteiger partial charge on any atom is -0.388 e. The van der Waals surface area contributed by atoms with Gasteiger partial charge in [-0.25, -0.2) is 0 Å². The van der Waals surface area contributed by atoms with Crippen LogP contribution in [0.25, 0.3) is 0 Å². The largest absolute Gasteiger partial charge is 0.388 e. The molecule has 0 bridgehead atoms. The Morgan fingerprint density at radius 1 is 1.32 bits per heavy atom. The van der Waals surface area contributed by atoms with Crippen molar-refractivity contribution in [3.05, 3.63) is 35.9 Å². The van der Waals surface area contributed by atoms with Crippen LogP contribution < -0.4 is 5.32 Å². The Morgan fingerprint density at radius 2 is 2.00 bits per heavy atom. The number of nitrogens with one attached hydrogen (secondary N) is 1. The molecule has 1 aromatic carbocycles. The van der Waals surface area contributed by atoms with Gasteiger partial charge in [-0.05, 0) is 31.7 Å². The van der Waals surface area contributed by atoms with Crippen molar-refractivity contribution in [3.63, 3.8) is 0 Å². The van der Waals surface area contributed by atoms with E-state index in [0.717, 1.165) is 38.0 Å². The van der Waals surface area contributed by atoms with E-state index in [1.165, 1.54) is 0 Å². The quantitative estimate of drug-likeness (QED) is 0.757. The Balaban J connectivity index is 1.85. The predicted molar refractivity (Wildman–Crippen MR) is 77.0 cm³/mol. The van der Waals surface area contributed by atoms with Crippen LogP contribution in [0.5, 0.6) is 0 Å². The van der Waals surface area contributed by atoms with Crippen LogP contribution in [0.15, 0.2) is 30.3 Å². The van der Waals surface area contributed by atoms with Gasteiger partial charge in [-0.15, -0.1) is 0 Å². The summed E-state index contributed by atoms with van der Waals surface area (Å²) in [5.41, 5.74) is 1.08.